The lowest BCUT2D eigenvalue weighted by molar-refractivity contribution is 0.573. The lowest BCUT2D eigenvalue weighted by atomic mass is 10.1. The lowest BCUT2D eigenvalue weighted by Crippen LogP contribution is -2.03. The van der Waals surface area contributed by atoms with Crippen LogP contribution in [0.1, 0.15) is 11.1 Å². The summed E-state index contributed by atoms with van der Waals surface area (Å²) in [4.78, 5) is 1.58. The molecule has 0 saturated carbocycles. The first-order valence-corrected chi connectivity index (χ1v) is 6.68. The fourth-order valence-corrected chi connectivity index (χ4v) is 2.01. The number of halogens is 1. The minimum absolute atomic E-state index is 0.579. The molecule has 0 saturated heterocycles. The molecule has 0 spiro atoms. The molecule has 20 heavy (non-hydrogen) atoms. The zero-order valence-electron chi connectivity index (χ0n) is 11.0. The first-order valence-electron chi connectivity index (χ1n) is 6.30. The quantitative estimate of drug-likeness (QED) is 0.741. The van der Waals surface area contributed by atoms with Crippen molar-refractivity contribution in [2.24, 2.45) is 0 Å². The van der Waals surface area contributed by atoms with Crippen LogP contribution in [0.3, 0.4) is 0 Å². The van der Waals surface area contributed by atoms with Crippen molar-refractivity contribution in [2.45, 2.75) is 13.5 Å². The Hall–Kier alpha value is -2.20. The van der Waals surface area contributed by atoms with Crippen LogP contribution in [0.4, 0.5) is 0 Å². The number of tetrazole rings is 1. The van der Waals surface area contributed by atoms with Crippen LogP contribution in [0, 0.1) is 6.92 Å². The van der Waals surface area contributed by atoms with Crippen molar-refractivity contribution < 1.29 is 0 Å². The van der Waals surface area contributed by atoms with Crippen LogP contribution in [-0.4, -0.2) is 20.2 Å². The van der Waals surface area contributed by atoms with Crippen molar-refractivity contribution in [3.63, 3.8) is 0 Å². The average molecular weight is 285 g/mol. The van der Waals surface area contributed by atoms with Crippen LogP contribution in [0.5, 0.6) is 0 Å². The van der Waals surface area contributed by atoms with Gasteiger partial charge in [-0.25, -0.2) is 0 Å². The van der Waals surface area contributed by atoms with Crippen molar-refractivity contribution in [1.29, 1.82) is 0 Å². The van der Waals surface area contributed by atoms with Gasteiger partial charge in [-0.1, -0.05) is 53.6 Å². The van der Waals surface area contributed by atoms with Gasteiger partial charge in [0.1, 0.15) is 0 Å². The number of hydrogen-bond donors (Lipinski definition) is 0. The molecule has 0 atom stereocenters. The second-order valence-electron chi connectivity index (χ2n) is 4.64. The van der Waals surface area contributed by atoms with Gasteiger partial charge in [-0.3, -0.25) is 0 Å². The molecule has 3 rings (SSSR count). The first kappa shape index (κ1) is 12.8. The van der Waals surface area contributed by atoms with E-state index in [4.69, 9.17) is 11.6 Å². The van der Waals surface area contributed by atoms with E-state index in [9.17, 15) is 0 Å². The molecule has 0 unspecified atom stereocenters. The van der Waals surface area contributed by atoms with Gasteiger partial charge in [0, 0.05) is 10.6 Å². The van der Waals surface area contributed by atoms with Crippen molar-refractivity contribution in [3.05, 3.63) is 64.7 Å². The molecule has 0 bridgehead atoms. The van der Waals surface area contributed by atoms with Crippen molar-refractivity contribution >= 4 is 11.6 Å². The van der Waals surface area contributed by atoms with Crippen LogP contribution in [0.2, 0.25) is 5.02 Å². The van der Waals surface area contributed by atoms with E-state index in [2.05, 4.69) is 22.3 Å². The molecule has 0 radical (unpaired) electrons. The van der Waals surface area contributed by atoms with Crippen molar-refractivity contribution in [2.75, 3.05) is 0 Å². The summed E-state index contributed by atoms with van der Waals surface area (Å²) < 4.78 is 0. The highest BCUT2D eigenvalue weighted by Gasteiger charge is 2.06. The van der Waals surface area contributed by atoms with Gasteiger partial charge in [0.15, 0.2) is 0 Å². The Kier molecular flexibility index (Phi) is 3.48. The Morgan fingerprint density at radius 3 is 2.40 bits per heavy atom. The van der Waals surface area contributed by atoms with Gasteiger partial charge < -0.3 is 0 Å². The molecule has 0 amide bonds. The van der Waals surface area contributed by atoms with Crippen molar-refractivity contribution in [3.8, 4) is 11.4 Å². The Balaban J connectivity index is 1.80. The molecule has 0 aliphatic rings. The zero-order chi connectivity index (χ0) is 13.9. The van der Waals surface area contributed by atoms with Gasteiger partial charge in [-0.15, -0.1) is 10.2 Å². The Bertz CT molecular complexity index is 701. The van der Waals surface area contributed by atoms with Crippen molar-refractivity contribution in [1.82, 2.24) is 20.2 Å². The molecule has 0 fully saturated rings. The number of rotatable bonds is 3. The second kappa shape index (κ2) is 5.43. The molecule has 1 aromatic heterocycles. The predicted molar refractivity (Wildman–Crippen MR) is 78.5 cm³/mol. The number of hydrogen-bond acceptors (Lipinski definition) is 3. The van der Waals surface area contributed by atoms with Crippen LogP contribution in [0.15, 0.2) is 48.5 Å². The molecule has 3 aromatic rings. The van der Waals surface area contributed by atoms with Crippen LogP contribution in [0.25, 0.3) is 11.4 Å². The summed E-state index contributed by atoms with van der Waals surface area (Å²) in [7, 11) is 0. The van der Waals surface area contributed by atoms with Gasteiger partial charge >= 0.3 is 0 Å². The van der Waals surface area contributed by atoms with Gasteiger partial charge in [0.25, 0.3) is 0 Å². The number of aryl methyl sites for hydroxylation is 1. The van der Waals surface area contributed by atoms with E-state index in [-0.39, 0.29) is 0 Å². The van der Waals surface area contributed by atoms with E-state index in [1.807, 2.05) is 48.5 Å². The summed E-state index contributed by atoms with van der Waals surface area (Å²) in [5.41, 5.74) is 3.27. The molecule has 1 heterocycles. The fraction of sp³-hybridized carbons (Fsp3) is 0.133. The number of aromatic nitrogens is 4. The summed E-state index contributed by atoms with van der Waals surface area (Å²) in [5.74, 6) is 0.638. The van der Waals surface area contributed by atoms with E-state index in [0.717, 1.165) is 16.1 Å². The highest BCUT2D eigenvalue weighted by molar-refractivity contribution is 6.30. The SMILES string of the molecule is Cc1ccc(-c2nnn(Cc3ccc(Cl)cc3)n2)cc1. The highest BCUT2D eigenvalue weighted by Crippen LogP contribution is 2.15. The highest BCUT2D eigenvalue weighted by atomic mass is 35.5. The number of nitrogens with zero attached hydrogens (tertiary/aromatic N) is 4. The third kappa shape index (κ3) is 2.86. The monoisotopic (exact) mass is 284 g/mol. The van der Waals surface area contributed by atoms with Crippen LogP contribution in [-0.2, 0) is 6.54 Å². The standard InChI is InChI=1S/C15H13ClN4/c1-11-2-6-13(7-3-11)15-17-19-20(18-15)10-12-4-8-14(16)9-5-12/h2-9H,10H2,1H3. The Labute approximate surface area is 122 Å². The van der Waals surface area contributed by atoms with Gasteiger partial charge in [-0.2, -0.15) is 4.80 Å². The van der Waals surface area contributed by atoms with Gasteiger partial charge in [0.05, 0.1) is 6.54 Å². The normalized spacial score (nSPS) is 10.7. The number of benzene rings is 2. The largest absolute Gasteiger partial charge is 0.204 e. The predicted octanol–water partition coefficient (Wildman–Crippen LogP) is 3.35. The van der Waals surface area contributed by atoms with E-state index >= 15 is 0 Å². The van der Waals surface area contributed by atoms with E-state index in [0.29, 0.717) is 12.4 Å². The van der Waals surface area contributed by atoms with Crippen LogP contribution < -0.4 is 0 Å². The molecule has 2 aromatic carbocycles. The molecule has 5 heteroatoms. The molecule has 0 aliphatic heterocycles. The summed E-state index contributed by atoms with van der Waals surface area (Å²) >= 11 is 5.86. The third-order valence-corrected chi connectivity index (χ3v) is 3.25. The topological polar surface area (TPSA) is 43.6 Å². The second-order valence-corrected chi connectivity index (χ2v) is 5.07. The maximum Gasteiger partial charge on any atom is 0.204 e. The fourth-order valence-electron chi connectivity index (χ4n) is 1.88. The average Bonchev–Trinajstić information content (AvgIpc) is 2.91. The molecular formula is C15H13ClN4. The Morgan fingerprint density at radius 1 is 1.00 bits per heavy atom. The summed E-state index contributed by atoms with van der Waals surface area (Å²) in [6, 6.07) is 15.7. The minimum atomic E-state index is 0.579. The van der Waals surface area contributed by atoms with Gasteiger partial charge in [-0.05, 0) is 29.8 Å². The maximum absolute atomic E-state index is 5.86. The van der Waals surface area contributed by atoms with Gasteiger partial charge in [0.2, 0.25) is 5.82 Å². The first-order chi connectivity index (χ1) is 9.70. The minimum Gasteiger partial charge on any atom is -0.159 e. The molecule has 100 valence electrons. The van der Waals surface area contributed by atoms with Crippen LogP contribution >= 0.6 is 11.6 Å². The molecule has 0 aliphatic carbocycles. The van der Waals surface area contributed by atoms with E-state index in [1.54, 1.807) is 4.80 Å². The molecular weight excluding hydrogens is 272 g/mol. The smallest absolute Gasteiger partial charge is 0.159 e. The van der Waals surface area contributed by atoms with E-state index in [1.165, 1.54) is 5.56 Å². The molecule has 0 N–H and O–H groups in total. The summed E-state index contributed by atoms with van der Waals surface area (Å²) in [6.07, 6.45) is 0. The van der Waals surface area contributed by atoms with E-state index < -0.39 is 0 Å². The third-order valence-electron chi connectivity index (χ3n) is 3.00. The Morgan fingerprint density at radius 2 is 1.70 bits per heavy atom. The summed E-state index contributed by atoms with van der Waals surface area (Å²) in [5, 5.41) is 13.3. The zero-order valence-corrected chi connectivity index (χ0v) is 11.7. The lowest BCUT2D eigenvalue weighted by Gasteiger charge is -1.99. The molecule has 4 nitrogen and oxygen atoms in total. The maximum atomic E-state index is 5.86. The summed E-state index contributed by atoms with van der Waals surface area (Å²) in [6.45, 7) is 2.63.